The Hall–Kier alpha value is -2.02. The fraction of sp³-hybridized carbons (Fsp3) is 0.250. The first-order chi connectivity index (χ1) is 9.22. The summed E-state index contributed by atoms with van der Waals surface area (Å²) >= 11 is 1.45. The van der Waals surface area contributed by atoms with Crippen molar-refractivity contribution in [1.82, 2.24) is 9.97 Å². The molecule has 0 aromatic carbocycles. The van der Waals surface area contributed by atoms with Gasteiger partial charge in [0.05, 0.1) is 19.5 Å². The van der Waals surface area contributed by atoms with Gasteiger partial charge in [0, 0.05) is 0 Å². The first-order valence-electron chi connectivity index (χ1n) is 5.39. The van der Waals surface area contributed by atoms with Gasteiger partial charge in [-0.25, -0.2) is 14.8 Å². The minimum Gasteiger partial charge on any atom is -0.482 e. The van der Waals surface area contributed by atoms with Crippen molar-refractivity contribution in [3.63, 3.8) is 0 Å². The van der Waals surface area contributed by atoms with Gasteiger partial charge in [0.1, 0.15) is 12.4 Å². The summed E-state index contributed by atoms with van der Waals surface area (Å²) in [5.41, 5.74) is 0. The van der Waals surface area contributed by atoms with Crippen LogP contribution in [0.3, 0.4) is 0 Å². The van der Waals surface area contributed by atoms with E-state index in [9.17, 15) is 4.79 Å². The van der Waals surface area contributed by atoms with Crippen LogP contribution in [-0.2, 0) is 11.3 Å². The van der Waals surface area contributed by atoms with Crippen molar-refractivity contribution in [1.29, 1.82) is 0 Å². The van der Waals surface area contributed by atoms with Crippen LogP contribution >= 0.6 is 11.8 Å². The van der Waals surface area contributed by atoms with Gasteiger partial charge < -0.3 is 13.9 Å². The zero-order valence-electron chi connectivity index (χ0n) is 10.5. The molecule has 19 heavy (non-hydrogen) atoms. The molecule has 0 saturated heterocycles. The molecular formula is C12H12N2O4S. The third-order valence-corrected chi connectivity index (χ3v) is 2.79. The number of methoxy groups -OCH3 is 1. The highest BCUT2D eigenvalue weighted by Gasteiger charge is 2.11. The molecule has 7 heteroatoms. The lowest BCUT2D eigenvalue weighted by Gasteiger charge is -2.03. The maximum Gasteiger partial charge on any atom is 0.373 e. The molecule has 0 N–H and O–H groups in total. The van der Waals surface area contributed by atoms with E-state index in [0.29, 0.717) is 16.7 Å². The molecule has 2 heterocycles. The number of rotatable bonds is 5. The van der Waals surface area contributed by atoms with Crippen molar-refractivity contribution in [2.45, 2.75) is 11.8 Å². The number of furan rings is 1. The van der Waals surface area contributed by atoms with Gasteiger partial charge in [0.25, 0.3) is 0 Å². The molecule has 0 aliphatic heterocycles. The average molecular weight is 280 g/mol. The Balaban J connectivity index is 1.94. The van der Waals surface area contributed by atoms with Crippen LogP contribution in [-0.4, -0.2) is 29.3 Å². The highest BCUT2D eigenvalue weighted by Crippen LogP contribution is 2.15. The second-order valence-corrected chi connectivity index (χ2v) is 4.23. The van der Waals surface area contributed by atoms with E-state index in [2.05, 4.69) is 14.7 Å². The molecule has 100 valence electrons. The highest BCUT2D eigenvalue weighted by molar-refractivity contribution is 7.98. The summed E-state index contributed by atoms with van der Waals surface area (Å²) in [5.74, 6) is 0.692. The zero-order valence-corrected chi connectivity index (χ0v) is 11.3. The van der Waals surface area contributed by atoms with Crippen LogP contribution < -0.4 is 4.74 Å². The van der Waals surface area contributed by atoms with Crippen LogP contribution in [0.1, 0.15) is 16.3 Å². The van der Waals surface area contributed by atoms with Gasteiger partial charge in [0.15, 0.2) is 10.9 Å². The Kier molecular flexibility index (Phi) is 4.40. The molecule has 0 unspecified atom stereocenters. The summed E-state index contributed by atoms with van der Waals surface area (Å²) in [6.45, 7) is 0.193. The molecule has 0 saturated carbocycles. The summed E-state index contributed by atoms with van der Waals surface area (Å²) in [6, 6.07) is 3.20. The molecule has 0 atom stereocenters. The third kappa shape index (κ3) is 3.47. The molecule has 2 rings (SSSR count). The van der Waals surface area contributed by atoms with Gasteiger partial charge in [-0.1, -0.05) is 11.8 Å². The maximum atomic E-state index is 11.2. The third-order valence-electron chi connectivity index (χ3n) is 2.22. The molecule has 0 fully saturated rings. The van der Waals surface area contributed by atoms with Crippen LogP contribution in [0.5, 0.6) is 5.75 Å². The van der Waals surface area contributed by atoms with Crippen molar-refractivity contribution >= 4 is 17.7 Å². The molecule has 0 radical (unpaired) electrons. The summed E-state index contributed by atoms with van der Waals surface area (Å²) < 4.78 is 15.2. The van der Waals surface area contributed by atoms with E-state index in [1.165, 1.54) is 24.9 Å². The van der Waals surface area contributed by atoms with E-state index in [1.54, 1.807) is 18.5 Å². The Morgan fingerprint density at radius 2 is 2.11 bits per heavy atom. The second kappa shape index (κ2) is 6.24. The standard InChI is InChI=1S/C12H12N2O4S/c1-16-11(15)10-4-3-8(18-10)7-17-9-5-13-12(19-2)14-6-9/h3-6H,7H2,1-2H3. The molecule has 0 aliphatic rings. The molecule has 2 aromatic rings. The lowest BCUT2D eigenvalue weighted by molar-refractivity contribution is 0.0561. The summed E-state index contributed by atoms with van der Waals surface area (Å²) in [6.07, 6.45) is 5.07. The van der Waals surface area contributed by atoms with Crippen LogP contribution in [0.2, 0.25) is 0 Å². The first kappa shape index (κ1) is 13.4. The number of hydrogen-bond donors (Lipinski definition) is 0. The van der Waals surface area contributed by atoms with Gasteiger partial charge in [-0.3, -0.25) is 0 Å². The molecule has 6 nitrogen and oxygen atoms in total. The monoisotopic (exact) mass is 280 g/mol. The molecular weight excluding hydrogens is 268 g/mol. The number of aromatic nitrogens is 2. The van der Waals surface area contributed by atoms with Gasteiger partial charge in [-0.05, 0) is 18.4 Å². The largest absolute Gasteiger partial charge is 0.482 e. The van der Waals surface area contributed by atoms with E-state index in [1.807, 2.05) is 6.26 Å². The van der Waals surface area contributed by atoms with Gasteiger partial charge in [0.2, 0.25) is 5.76 Å². The van der Waals surface area contributed by atoms with Crippen molar-refractivity contribution in [3.8, 4) is 5.75 Å². The van der Waals surface area contributed by atoms with Crippen molar-refractivity contribution in [2.75, 3.05) is 13.4 Å². The molecule has 0 spiro atoms. The predicted molar refractivity (Wildman–Crippen MR) is 68.2 cm³/mol. The van der Waals surface area contributed by atoms with E-state index in [4.69, 9.17) is 9.15 Å². The summed E-state index contributed by atoms with van der Waals surface area (Å²) in [4.78, 5) is 19.3. The van der Waals surface area contributed by atoms with E-state index >= 15 is 0 Å². The van der Waals surface area contributed by atoms with Crippen molar-refractivity contribution < 1.29 is 18.7 Å². The Morgan fingerprint density at radius 3 is 2.74 bits per heavy atom. The summed E-state index contributed by atoms with van der Waals surface area (Å²) in [7, 11) is 1.30. The normalized spacial score (nSPS) is 10.2. The lowest BCUT2D eigenvalue weighted by atomic mass is 10.4. The quantitative estimate of drug-likeness (QED) is 0.472. The highest BCUT2D eigenvalue weighted by atomic mass is 32.2. The Bertz CT molecular complexity index is 553. The zero-order chi connectivity index (χ0) is 13.7. The molecule has 0 aliphatic carbocycles. The topological polar surface area (TPSA) is 74.5 Å². The van der Waals surface area contributed by atoms with Gasteiger partial charge >= 0.3 is 5.97 Å². The summed E-state index contributed by atoms with van der Waals surface area (Å²) in [5, 5.41) is 0.679. The van der Waals surface area contributed by atoms with Crippen molar-refractivity contribution in [3.05, 3.63) is 36.0 Å². The number of esters is 1. The van der Waals surface area contributed by atoms with E-state index in [0.717, 1.165) is 0 Å². The first-order valence-corrected chi connectivity index (χ1v) is 6.61. The number of hydrogen-bond acceptors (Lipinski definition) is 7. The van der Waals surface area contributed by atoms with Gasteiger partial charge in [-0.2, -0.15) is 0 Å². The van der Waals surface area contributed by atoms with Crippen LogP contribution in [0.15, 0.2) is 34.1 Å². The van der Waals surface area contributed by atoms with Crippen LogP contribution in [0.25, 0.3) is 0 Å². The molecule has 0 bridgehead atoms. The fourth-order valence-corrected chi connectivity index (χ4v) is 1.62. The maximum absolute atomic E-state index is 11.2. The predicted octanol–water partition coefficient (Wildman–Crippen LogP) is 2.16. The minimum absolute atomic E-state index is 0.148. The lowest BCUT2D eigenvalue weighted by Crippen LogP contribution is -1.99. The average Bonchev–Trinajstić information content (AvgIpc) is 2.93. The van der Waals surface area contributed by atoms with Gasteiger partial charge in [-0.15, -0.1) is 0 Å². The number of carbonyl (C=O) groups excluding carboxylic acids is 1. The van der Waals surface area contributed by atoms with Crippen molar-refractivity contribution in [2.24, 2.45) is 0 Å². The number of carbonyl (C=O) groups is 1. The van der Waals surface area contributed by atoms with Crippen LogP contribution in [0, 0.1) is 0 Å². The van der Waals surface area contributed by atoms with E-state index in [-0.39, 0.29) is 12.4 Å². The number of nitrogens with zero attached hydrogens (tertiary/aromatic N) is 2. The van der Waals surface area contributed by atoms with E-state index < -0.39 is 5.97 Å². The SMILES string of the molecule is COC(=O)c1ccc(COc2cnc(SC)nc2)o1. The number of thioether (sulfide) groups is 1. The minimum atomic E-state index is -0.515. The molecule has 0 amide bonds. The number of ether oxygens (including phenoxy) is 2. The Labute approximate surface area is 114 Å². The second-order valence-electron chi connectivity index (χ2n) is 3.45. The smallest absolute Gasteiger partial charge is 0.373 e. The Morgan fingerprint density at radius 1 is 1.37 bits per heavy atom. The van der Waals surface area contributed by atoms with Crippen LogP contribution in [0.4, 0.5) is 0 Å². The molecule has 2 aromatic heterocycles. The fourth-order valence-electron chi connectivity index (χ4n) is 1.30.